The van der Waals surface area contributed by atoms with Gasteiger partial charge in [-0.15, -0.1) is 0 Å². The number of carbonyl (C=O) groups is 1. The van der Waals surface area contributed by atoms with Crippen LogP contribution in [0.1, 0.15) is 44.1 Å². The van der Waals surface area contributed by atoms with Gasteiger partial charge in [-0.1, -0.05) is 25.0 Å². The normalized spacial score (nSPS) is 30.0. The van der Waals surface area contributed by atoms with Gasteiger partial charge in [0.05, 0.1) is 12.6 Å². The van der Waals surface area contributed by atoms with Crippen molar-refractivity contribution in [2.24, 2.45) is 5.92 Å². The van der Waals surface area contributed by atoms with Gasteiger partial charge in [-0.2, -0.15) is 0 Å². The van der Waals surface area contributed by atoms with E-state index < -0.39 is 0 Å². The molecule has 5 rings (SSSR count). The molecule has 0 aromatic heterocycles. The Morgan fingerprint density at radius 2 is 1.84 bits per heavy atom. The van der Waals surface area contributed by atoms with Crippen LogP contribution in [0, 0.1) is 5.92 Å². The summed E-state index contributed by atoms with van der Waals surface area (Å²) in [6.45, 7) is 3.21. The zero-order chi connectivity index (χ0) is 17.3. The molecule has 1 saturated carbocycles. The molecule has 1 aromatic carbocycles. The van der Waals surface area contributed by atoms with Gasteiger partial charge in [-0.3, -0.25) is 4.90 Å². The number of fused-ring (bicyclic) bond motifs is 3. The van der Waals surface area contributed by atoms with Crippen LogP contribution in [0.25, 0.3) is 0 Å². The minimum absolute atomic E-state index is 0.0526. The Hall–Kier alpha value is -1.75. The number of amides is 1. The fourth-order valence-corrected chi connectivity index (χ4v) is 4.78. The standard InChI is InChI=1S/C20H28N2O3/c1-24-17-6-4-16(5-7-17)20(10-2-3-11-20)21-19(23)25-18-14-22-12-8-15(18)9-13-22/h4-7,15,18H,2-3,8-14H2,1H3,(H,21,23). The van der Waals surface area contributed by atoms with Crippen LogP contribution in [0.4, 0.5) is 4.79 Å². The number of hydrogen-bond donors (Lipinski definition) is 1. The van der Waals surface area contributed by atoms with Crippen LogP contribution in [0.3, 0.4) is 0 Å². The topological polar surface area (TPSA) is 50.8 Å². The van der Waals surface area contributed by atoms with Crippen molar-refractivity contribution in [3.05, 3.63) is 29.8 Å². The molecule has 3 heterocycles. The minimum atomic E-state index is -0.294. The maximum atomic E-state index is 12.7. The SMILES string of the molecule is COc1ccc(C2(NC(=O)OC3CN4CCC3CC4)CCCC2)cc1. The van der Waals surface area contributed by atoms with Crippen molar-refractivity contribution in [2.45, 2.75) is 50.2 Å². The first-order chi connectivity index (χ1) is 12.2. The fourth-order valence-electron chi connectivity index (χ4n) is 4.78. The second-order valence-corrected chi connectivity index (χ2v) is 7.72. The highest BCUT2D eigenvalue weighted by Crippen LogP contribution is 2.39. The lowest BCUT2D eigenvalue weighted by atomic mass is 9.86. The number of hydrogen-bond acceptors (Lipinski definition) is 4. The van der Waals surface area contributed by atoms with Crippen LogP contribution in [0.15, 0.2) is 24.3 Å². The quantitative estimate of drug-likeness (QED) is 0.911. The first-order valence-electron chi connectivity index (χ1n) is 9.54. The molecule has 1 aromatic rings. The van der Waals surface area contributed by atoms with Crippen molar-refractivity contribution in [2.75, 3.05) is 26.7 Å². The average Bonchev–Trinajstić information content (AvgIpc) is 3.12. The second-order valence-electron chi connectivity index (χ2n) is 7.72. The molecule has 25 heavy (non-hydrogen) atoms. The molecular weight excluding hydrogens is 316 g/mol. The fraction of sp³-hybridized carbons (Fsp3) is 0.650. The zero-order valence-corrected chi connectivity index (χ0v) is 15.0. The Morgan fingerprint density at radius 1 is 1.16 bits per heavy atom. The van der Waals surface area contributed by atoms with Crippen molar-refractivity contribution in [3.63, 3.8) is 0 Å². The Balaban J connectivity index is 1.45. The predicted octanol–water partition coefficient (Wildman–Crippen LogP) is 3.28. The number of nitrogens with zero attached hydrogens (tertiary/aromatic N) is 1. The lowest BCUT2D eigenvalue weighted by molar-refractivity contribution is -0.0354. The molecule has 4 fully saturated rings. The van der Waals surface area contributed by atoms with Crippen LogP contribution in [0.2, 0.25) is 0 Å². The third-order valence-electron chi connectivity index (χ3n) is 6.30. The lowest BCUT2D eigenvalue weighted by Crippen LogP contribution is -2.54. The van der Waals surface area contributed by atoms with Crippen molar-refractivity contribution in [1.29, 1.82) is 0 Å². The first kappa shape index (κ1) is 16.7. The van der Waals surface area contributed by atoms with E-state index in [-0.39, 0.29) is 17.7 Å². The second kappa shape index (κ2) is 6.87. The molecule has 1 atom stereocenters. The number of alkyl carbamates (subject to hydrolysis) is 1. The summed E-state index contributed by atoms with van der Waals surface area (Å²) in [7, 11) is 1.67. The molecule has 3 aliphatic heterocycles. The number of benzene rings is 1. The number of nitrogens with one attached hydrogen (secondary N) is 1. The monoisotopic (exact) mass is 344 g/mol. The van der Waals surface area contributed by atoms with Crippen molar-refractivity contribution in [1.82, 2.24) is 10.2 Å². The Morgan fingerprint density at radius 3 is 2.40 bits per heavy atom. The van der Waals surface area contributed by atoms with Gasteiger partial charge in [0.1, 0.15) is 11.9 Å². The Labute approximate surface area is 149 Å². The third-order valence-corrected chi connectivity index (χ3v) is 6.30. The molecule has 0 spiro atoms. The van der Waals surface area contributed by atoms with Crippen LogP contribution < -0.4 is 10.1 Å². The van der Waals surface area contributed by atoms with E-state index >= 15 is 0 Å². The van der Waals surface area contributed by atoms with E-state index in [4.69, 9.17) is 9.47 Å². The van der Waals surface area contributed by atoms with Gasteiger partial charge < -0.3 is 14.8 Å². The molecular formula is C20H28N2O3. The predicted molar refractivity (Wildman–Crippen MR) is 95.7 cm³/mol. The molecule has 1 unspecified atom stereocenters. The molecule has 1 N–H and O–H groups in total. The Bertz CT molecular complexity index is 602. The molecule has 2 bridgehead atoms. The molecule has 3 saturated heterocycles. The number of methoxy groups -OCH3 is 1. The van der Waals surface area contributed by atoms with E-state index in [1.54, 1.807) is 7.11 Å². The zero-order valence-electron chi connectivity index (χ0n) is 15.0. The van der Waals surface area contributed by atoms with Crippen LogP contribution in [0.5, 0.6) is 5.75 Å². The first-order valence-corrected chi connectivity index (χ1v) is 9.54. The van der Waals surface area contributed by atoms with Gasteiger partial charge in [0, 0.05) is 6.54 Å². The number of carbonyl (C=O) groups excluding carboxylic acids is 1. The van der Waals surface area contributed by atoms with E-state index in [0.29, 0.717) is 5.92 Å². The highest BCUT2D eigenvalue weighted by atomic mass is 16.6. The highest BCUT2D eigenvalue weighted by Gasteiger charge is 2.40. The average molecular weight is 344 g/mol. The van der Waals surface area contributed by atoms with Gasteiger partial charge >= 0.3 is 6.09 Å². The Kier molecular flexibility index (Phi) is 4.59. The third kappa shape index (κ3) is 3.34. The summed E-state index contributed by atoms with van der Waals surface area (Å²) >= 11 is 0. The van der Waals surface area contributed by atoms with E-state index in [1.165, 1.54) is 0 Å². The maximum absolute atomic E-state index is 12.7. The summed E-state index contributed by atoms with van der Waals surface area (Å²) in [5.41, 5.74) is 0.855. The summed E-state index contributed by atoms with van der Waals surface area (Å²) in [6, 6.07) is 8.07. The van der Waals surface area contributed by atoms with E-state index in [2.05, 4.69) is 22.3 Å². The molecule has 5 heteroatoms. The summed E-state index contributed by atoms with van der Waals surface area (Å²) in [4.78, 5) is 15.1. The molecule has 4 aliphatic rings. The van der Waals surface area contributed by atoms with Gasteiger partial charge in [-0.05, 0) is 62.4 Å². The molecule has 136 valence electrons. The smallest absolute Gasteiger partial charge is 0.408 e. The minimum Gasteiger partial charge on any atom is -0.497 e. The highest BCUT2D eigenvalue weighted by molar-refractivity contribution is 5.69. The number of ether oxygens (including phenoxy) is 2. The van der Waals surface area contributed by atoms with Gasteiger partial charge in [0.15, 0.2) is 0 Å². The van der Waals surface area contributed by atoms with Crippen LogP contribution >= 0.6 is 0 Å². The summed E-state index contributed by atoms with van der Waals surface area (Å²) in [6.07, 6.45) is 6.30. The summed E-state index contributed by atoms with van der Waals surface area (Å²) < 4.78 is 11.1. The molecule has 5 nitrogen and oxygen atoms in total. The van der Waals surface area contributed by atoms with Gasteiger partial charge in [0.2, 0.25) is 0 Å². The maximum Gasteiger partial charge on any atom is 0.408 e. The lowest BCUT2D eigenvalue weighted by Gasteiger charge is -2.44. The summed E-state index contributed by atoms with van der Waals surface area (Å²) in [5, 5.41) is 3.23. The van der Waals surface area contributed by atoms with Crippen molar-refractivity contribution in [3.8, 4) is 5.75 Å². The van der Waals surface area contributed by atoms with Crippen LogP contribution in [-0.2, 0) is 10.3 Å². The summed E-state index contributed by atoms with van der Waals surface area (Å²) in [5.74, 6) is 1.38. The van der Waals surface area contributed by atoms with Gasteiger partial charge in [0.25, 0.3) is 0 Å². The van der Waals surface area contributed by atoms with E-state index in [9.17, 15) is 4.79 Å². The van der Waals surface area contributed by atoms with Gasteiger partial charge in [-0.25, -0.2) is 4.79 Å². The molecule has 1 aliphatic carbocycles. The number of piperidine rings is 3. The largest absolute Gasteiger partial charge is 0.497 e. The molecule has 1 amide bonds. The number of rotatable bonds is 4. The van der Waals surface area contributed by atoms with E-state index in [0.717, 1.165) is 69.5 Å². The van der Waals surface area contributed by atoms with Crippen molar-refractivity contribution >= 4 is 6.09 Å². The molecule has 0 radical (unpaired) electrons. The van der Waals surface area contributed by atoms with E-state index in [1.807, 2.05) is 12.1 Å². The van der Waals surface area contributed by atoms with Crippen molar-refractivity contribution < 1.29 is 14.3 Å². The van der Waals surface area contributed by atoms with Crippen LogP contribution in [-0.4, -0.2) is 43.8 Å².